The summed E-state index contributed by atoms with van der Waals surface area (Å²) < 4.78 is 16.1. The Labute approximate surface area is 169 Å². The van der Waals surface area contributed by atoms with Crippen LogP contribution in [-0.2, 0) is 9.53 Å². The van der Waals surface area contributed by atoms with Gasteiger partial charge in [-0.25, -0.2) is 4.79 Å². The van der Waals surface area contributed by atoms with E-state index in [1.807, 2.05) is 13.8 Å². The van der Waals surface area contributed by atoms with Crippen LogP contribution in [0.3, 0.4) is 0 Å². The van der Waals surface area contributed by atoms with Crippen LogP contribution in [0.4, 0.5) is 11.4 Å². The highest BCUT2D eigenvalue weighted by atomic mass is 16.5. The van der Waals surface area contributed by atoms with Gasteiger partial charge in [-0.05, 0) is 38.1 Å². The third kappa shape index (κ3) is 6.69. The fraction of sp³-hybridized carbons (Fsp3) is 0.333. The number of hydrogen-bond donors (Lipinski definition) is 3. The van der Waals surface area contributed by atoms with E-state index in [2.05, 4.69) is 10.6 Å². The third-order valence-electron chi connectivity index (χ3n) is 3.74. The maximum absolute atomic E-state index is 12.3. The minimum absolute atomic E-state index is 0.0718. The highest BCUT2D eigenvalue weighted by Gasteiger charge is 2.15. The van der Waals surface area contributed by atoms with E-state index in [1.165, 1.54) is 0 Å². The maximum Gasteiger partial charge on any atom is 0.340 e. The van der Waals surface area contributed by atoms with E-state index in [-0.39, 0.29) is 12.2 Å². The van der Waals surface area contributed by atoms with Crippen LogP contribution in [0.25, 0.3) is 0 Å². The summed E-state index contributed by atoms with van der Waals surface area (Å²) in [7, 11) is 0. The van der Waals surface area contributed by atoms with Gasteiger partial charge in [0, 0.05) is 24.0 Å². The Morgan fingerprint density at radius 3 is 2.45 bits per heavy atom. The Hall–Kier alpha value is -3.26. The standard InChI is InChI=1S/C21H26N2O6/c1-3-27-18-10-9-15(13-19(18)28-4-2)23-20(25)14-29-21(26)16-7-5-6-8-17(16)22-11-12-24/h5-10,13,22,24H,3-4,11-12,14H2,1-2H3,(H,23,25). The van der Waals surface area contributed by atoms with Gasteiger partial charge in [0.2, 0.25) is 0 Å². The molecule has 0 unspecified atom stereocenters. The number of amides is 1. The first-order valence-corrected chi connectivity index (χ1v) is 9.39. The zero-order chi connectivity index (χ0) is 21.1. The van der Waals surface area contributed by atoms with Gasteiger partial charge in [0.25, 0.3) is 5.91 Å². The monoisotopic (exact) mass is 402 g/mol. The van der Waals surface area contributed by atoms with Gasteiger partial charge in [-0.2, -0.15) is 0 Å². The lowest BCUT2D eigenvalue weighted by Crippen LogP contribution is -2.21. The molecule has 0 aliphatic rings. The molecule has 3 N–H and O–H groups in total. The lowest BCUT2D eigenvalue weighted by molar-refractivity contribution is -0.119. The Kier molecular flexibility index (Phi) is 8.78. The van der Waals surface area contributed by atoms with Gasteiger partial charge in [0.15, 0.2) is 18.1 Å². The number of aliphatic hydroxyl groups excluding tert-OH is 1. The minimum Gasteiger partial charge on any atom is -0.490 e. The Balaban J connectivity index is 1.96. The van der Waals surface area contributed by atoms with Crippen LogP contribution in [0, 0.1) is 0 Å². The molecule has 0 spiro atoms. The first-order chi connectivity index (χ1) is 14.1. The number of carbonyl (C=O) groups is 2. The second-order valence-electron chi connectivity index (χ2n) is 5.85. The smallest absolute Gasteiger partial charge is 0.340 e. The molecular formula is C21H26N2O6. The number of aliphatic hydroxyl groups is 1. The molecule has 0 radical (unpaired) electrons. The summed E-state index contributed by atoms with van der Waals surface area (Å²) in [4.78, 5) is 24.5. The summed E-state index contributed by atoms with van der Waals surface area (Å²) in [5.41, 5.74) is 1.32. The molecule has 0 saturated carbocycles. The highest BCUT2D eigenvalue weighted by Crippen LogP contribution is 2.30. The topological polar surface area (TPSA) is 106 Å². The summed E-state index contributed by atoms with van der Waals surface area (Å²) in [6, 6.07) is 11.8. The molecule has 0 atom stereocenters. The zero-order valence-corrected chi connectivity index (χ0v) is 16.6. The van der Waals surface area contributed by atoms with E-state index in [9.17, 15) is 9.59 Å². The van der Waals surface area contributed by atoms with Gasteiger partial charge in [0.05, 0.1) is 25.4 Å². The highest BCUT2D eigenvalue weighted by molar-refractivity contribution is 5.98. The average Bonchev–Trinajstić information content (AvgIpc) is 2.73. The number of ether oxygens (including phenoxy) is 3. The number of carbonyl (C=O) groups excluding carboxylic acids is 2. The molecule has 0 heterocycles. The number of benzene rings is 2. The van der Waals surface area contributed by atoms with Crippen LogP contribution in [0.5, 0.6) is 11.5 Å². The van der Waals surface area contributed by atoms with Crippen molar-refractivity contribution in [2.24, 2.45) is 0 Å². The van der Waals surface area contributed by atoms with Crippen LogP contribution in [0.1, 0.15) is 24.2 Å². The average molecular weight is 402 g/mol. The van der Waals surface area contributed by atoms with Crippen molar-refractivity contribution in [3.63, 3.8) is 0 Å². The molecule has 2 rings (SSSR count). The lowest BCUT2D eigenvalue weighted by atomic mass is 10.2. The van der Waals surface area contributed by atoms with Gasteiger partial charge in [-0.15, -0.1) is 0 Å². The number of para-hydroxylation sites is 1. The van der Waals surface area contributed by atoms with E-state index in [4.69, 9.17) is 19.3 Å². The largest absolute Gasteiger partial charge is 0.490 e. The molecule has 0 bridgehead atoms. The maximum atomic E-state index is 12.3. The van der Waals surface area contributed by atoms with Gasteiger partial charge in [-0.3, -0.25) is 4.79 Å². The van der Waals surface area contributed by atoms with Crippen LogP contribution in [0.2, 0.25) is 0 Å². The molecule has 2 aromatic rings. The van der Waals surface area contributed by atoms with Crippen molar-refractivity contribution in [1.29, 1.82) is 0 Å². The zero-order valence-electron chi connectivity index (χ0n) is 16.6. The summed E-state index contributed by atoms with van der Waals surface area (Å²) in [5.74, 6) is -0.00700. The van der Waals surface area contributed by atoms with E-state index in [0.717, 1.165) is 0 Å². The van der Waals surface area contributed by atoms with Gasteiger partial charge < -0.3 is 30.0 Å². The second-order valence-corrected chi connectivity index (χ2v) is 5.85. The molecule has 0 fully saturated rings. The molecule has 0 aliphatic heterocycles. The van der Waals surface area contributed by atoms with Crippen molar-refractivity contribution in [2.75, 3.05) is 43.6 Å². The molecule has 156 valence electrons. The second kappa shape index (κ2) is 11.6. The first kappa shape index (κ1) is 22.0. The number of anilines is 2. The van der Waals surface area contributed by atoms with Crippen molar-refractivity contribution in [3.8, 4) is 11.5 Å². The summed E-state index contributed by atoms with van der Waals surface area (Å²) >= 11 is 0. The molecule has 2 aromatic carbocycles. The molecule has 8 heteroatoms. The van der Waals surface area contributed by atoms with Crippen molar-refractivity contribution in [2.45, 2.75) is 13.8 Å². The van der Waals surface area contributed by atoms with Gasteiger partial charge in [-0.1, -0.05) is 12.1 Å². The lowest BCUT2D eigenvalue weighted by Gasteiger charge is -2.13. The van der Waals surface area contributed by atoms with Crippen LogP contribution in [0.15, 0.2) is 42.5 Å². The SMILES string of the molecule is CCOc1ccc(NC(=O)COC(=O)c2ccccc2NCCO)cc1OCC. The molecule has 8 nitrogen and oxygen atoms in total. The van der Waals surface area contributed by atoms with E-state index >= 15 is 0 Å². The molecule has 1 amide bonds. The first-order valence-electron chi connectivity index (χ1n) is 9.39. The Bertz CT molecular complexity index is 825. The van der Waals surface area contributed by atoms with E-state index in [0.29, 0.717) is 42.6 Å². The fourth-order valence-electron chi connectivity index (χ4n) is 2.54. The third-order valence-corrected chi connectivity index (χ3v) is 3.74. The molecule has 0 aromatic heterocycles. The minimum atomic E-state index is -0.636. The normalized spacial score (nSPS) is 10.2. The van der Waals surface area contributed by atoms with Crippen molar-refractivity contribution in [3.05, 3.63) is 48.0 Å². The van der Waals surface area contributed by atoms with Crippen LogP contribution >= 0.6 is 0 Å². The van der Waals surface area contributed by atoms with Gasteiger partial charge in [0.1, 0.15) is 0 Å². The molecule has 0 saturated heterocycles. The Morgan fingerprint density at radius 2 is 1.72 bits per heavy atom. The molecule has 29 heavy (non-hydrogen) atoms. The summed E-state index contributed by atoms with van der Waals surface area (Å²) in [5, 5.41) is 14.5. The quantitative estimate of drug-likeness (QED) is 0.496. The number of hydrogen-bond acceptors (Lipinski definition) is 7. The van der Waals surface area contributed by atoms with Crippen molar-refractivity contribution in [1.82, 2.24) is 0 Å². The molecule has 0 aliphatic carbocycles. The summed E-state index contributed by atoms with van der Waals surface area (Å²) in [6.45, 7) is 4.47. The predicted molar refractivity (Wildman–Crippen MR) is 110 cm³/mol. The van der Waals surface area contributed by atoms with E-state index in [1.54, 1.807) is 42.5 Å². The number of nitrogens with one attached hydrogen (secondary N) is 2. The van der Waals surface area contributed by atoms with Crippen molar-refractivity contribution >= 4 is 23.3 Å². The van der Waals surface area contributed by atoms with Crippen molar-refractivity contribution < 1.29 is 28.9 Å². The predicted octanol–water partition coefficient (Wildman–Crippen LogP) is 2.68. The number of rotatable bonds is 11. The fourth-order valence-corrected chi connectivity index (χ4v) is 2.54. The molecular weight excluding hydrogens is 376 g/mol. The number of esters is 1. The van der Waals surface area contributed by atoms with Gasteiger partial charge >= 0.3 is 5.97 Å². The summed E-state index contributed by atoms with van der Waals surface area (Å²) in [6.07, 6.45) is 0. The van der Waals surface area contributed by atoms with Crippen LogP contribution in [-0.4, -0.2) is 50.0 Å². The van der Waals surface area contributed by atoms with E-state index < -0.39 is 18.5 Å². The van der Waals surface area contributed by atoms with Crippen LogP contribution < -0.4 is 20.1 Å². The Morgan fingerprint density at radius 1 is 1.00 bits per heavy atom.